The van der Waals surface area contributed by atoms with Crippen LogP contribution in [0.15, 0.2) is 24.3 Å². The third kappa shape index (κ3) is 4.03. The van der Waals surface area contributed by atoms with Crippen molar-refractivity contribution in [3.63, 3.8) is 0 Å². The van der Waals surface area contributed by atoms with Crippen LogP contribution in [0.2, 0.25) is 0 Å². The molecule has 0 saturated carbocycles. The van der Waals surface area contributed by atoms with Gasteiger partial charge >= 0.3 is 6.03 Å². The van der Waals surface area contributed by atoms with Crippen LogP contribution in [-0.2, 0) is 11.3 Å². The average molecular weight is 320 g/mol. The largest absolute Gasteiger partial charge is 0.394 e. The molecule has 5 heteroatoms. The number of rotatable bonds is 6. The Hall–Kier alpha value is -1.59. The third-order valence-corrected chi connectivity index (χ3v) is 4.48. The molecule has 2 amide bonds. The molecule has 0 spiro atoms. The van der Waals surface area contributed by atoms with E-state index in [-0.39, 0.29) is 12.6 Å². The van der Waals surface area contributed by atoms with Crippen molar-refractivity contribution in [2.75, 3.05) is 25.6 Å². The summed E-state index contributed by atoms with van der Waals surface area (Å²) >= 11 is 0. The van der Waals surface area contributed by atoms with E-state index < -0.39 is 5.54 Å². The lowest BCUT2D eigenvalue weighted by Gasteiger charge is -2.38. The van der Waals surface area contributed by atoms with Gasteiger partial charge in [0.2, 0.25) is 0 Å². The molecule has 0 unspecified atom stereocenters. The number of carbonyl (C=O) groups is 1. The van der Waals surface area contributed by atoms with Gasteiger partial charge in [0, 0.05) is 24.9 Å². The summed E-state index contributed by atoms with van der Waals surface area (Å²) in [5, 5.41) is 12.9. The molecule has 0 bridgehead atoms. The van der Waals surface area contributed by atoms with Crippen LogP contribution >= 0.6 is 0 Å². The second kappa shape index (κ2) is 7.79. The van der Waals surface area contributed by atoms with E-state index >= 15 is 0 Å². The Morgan fingerprint density at radius 3 is 2.83 bits per heavy atom. The van der Waals surface area contributed by atoms with E-state index in [1.54, 1.807) is 7.11 Å². The zero-order chi connectivity index (χ0) is 16.9. The molecule has 1 aromatic rings. The Bertz CT molecular complexity index is 533. The molecular weight excluding hydrogens is 292 g/mol. The van der Waals surface area contributed by atoms with Gasteiger partial charge in [0.05, 0.1) is 18.8 Å². The molecule has 1 fully saturated rings. The molecule has 1 aliphatic heterocycles. The molecule has 1 heterocycles. The van der Waals surface area contributed by atoms with E-state index in [1.807, 2.05) is 29.2 Å². The summed E-state index contributed by atoms with van der Waals surface area (Å²) in [6.07, 6.45) is 2.60. The maximum Gasteiger partial charge on any atom is 0.322 e. The molecule has 0 radical (unpaired) electrons. The number of nitrogens with zero attached hydrogens (tertiary/aromatic N) is 1. The molecule has 1 aromatic carbocycles. The molecule has 1 saturated heterocycles. The molecule has 0 aromatic heterocycles. The molecule has 2 rings (SSSR count). The van der Waals surface area contributed by atoms with Crippen molar-refractivity contribution < 1.29 is 14.6 Å². The molecule has 2 N–H and O–H groups in total. The van der Waals surface area contributed by atoms with Crippen LogP contribution in [0.4, 0.5) is 10.5 Å². The number of likely N-dealkylation sites (tertiary alicyclic amines) is 1. The lowest BCUT2D eigenvalue weighted by atomic mass is 9.87. The fraction of sp³-hybridized carbons (Fsp3) is 0.611. The Labute approximate surface area is 138 Å². The van der Waals surface area contributed by atoms with Crippen LogP contribution in [0.25, 0.3) is 0 Å². The number of hydrogen-bond donors (Lipinski definition) is 2. The maximum absolute atomic E-state index is 12.8. The van der Waals surface area contributed by atoms with Gasteiger partial charge in [-0.25, -0.2) is 4.79 Å². The summed E-state index contributed by atoms with van der Waals surface area (Å²) in [6, 6.07) is 7.51. The van der Waals surface area contributed by atoms with Crippen LogP contribution in [0.3, 0.4) is 0 Å². The van der Waals surface area contributed by atoms with Gasteiger partial charge in [0.25, 0.3) is 0 Å². The number of carbonyl (C=O) groups excluding carboxylic acids is 1. The fourth-order valence-electron chi connectivity index (χ4n) is 3.56. The number of nitrogens with one attached hydrogen (secondary N) is 1. The number of benzene rings is 1. The van der Waals surface area contributed by atoms with Gasteiger partial charge in [-0.15, -0.1) is 0 Å². The summed E-state index contributed by atoms with van der Waals surface area (Å²) in [6.45, 7) is 5.40. The van der Waals surface area contributed by atoms with Gasteiger partial charge in [-0.3, -0.25) is 0 Å². The van der Waals surface area contributed by atoms with Gasteiger partial charge in [0.15, 0.2) is 0 Å². The lowest BCUT2D eigenvalue weighted by Crippen LogP contribution is -2.52. The fourth-order valence-corrected chi connectivity index (χ4v) is 3.56. The Morgan fingerprint density at radius 2 is 2.17 bits per heavy atom. The predicted molar refractivity (Wildman–Crippen MR) is 91.4 cm³/mol. The first-order chi connectivity index (χ1) is 11.0. The number of ether oxygens (including phenoxy) is 1. The highest BCUT2D eigenvalue weighted by Crippen LogP contribution is 2.35. The van der Waals surface area contributed by atoms with Crippen molar-refractivity contribution in [2.45, 2.75) is 45.3 Å². The minimum Gasteiger partial charge on any atom is -0.394 e. The molecule has 128 valence electrons. The van der Waals surface area contributed by atoms with Gasteiger partial charge < -0.3 is 20.1 Å². The molecule has 0 aliphatic carbocycles. The van der Waals surface area contributed by atoms with E-state index in [1.165, 1.54) is 0 Å². The predicted octanol–water partition coefficient (Wildman–Crippen LogP) is 3.24. The quantitative estimate of drug-likeness (QED) is 0.846. The van der Waals surface area contributed by atoms with Crippen LogP contribution in [0.1, 0.15) is 38.7 Å². The van der Waals surface area contributed by atoms with Crippen molar-refractivity contribution in [3.05, 3.63) is 29.8 Å². The third-order valence-electron chi connectivity index (χ3n) is 4.48. The SMILES string of the molecule is COCc1ccccc1NC(=O)N1CCC[C@@]1(CO)CC(C)C. The molecule has 1 atom stereocenters. The van der Waals surface area contributed by atoms with Gasteiger partial charge in [-0.1, -0.05) is 32.0 Å². The first-order valence-corrected chi connectivity index (χ1v) is 8.29. The zero-order valence-electron chi connectivity index (χ0n) is 14.3. The van der Waals surface area contributed by atoms with Crippen LogP contribution in [0.5, 0.6) is 0 Å². The Kier molecular flexibility index (Phi) is 6.02. The minimum absolute atomic E-state index is 0.0122. The van der Waals surface area contributed by atoms with E-state index in [0.29, 0.717) is 19.1 Å². The second-order valence-corrected chi connectivity index (χ2v) is 6.76. The topological polar surface area (TPSA) is 61.8 Å². The number of amides is 2. The van der Waals surface area contributed by atoms with Crippen molar-refractivity contribution in [1.29, 1.82) is 0 Å². The monoisotopic (exact) mass is 320 g/mol. The maximum atomic E-state index is 12.8. The molecule has 1 aliphatic rings. The first kappa shape index (κ1) is 17.8. The van der Waals surface area contributed by atoms with Crippen molar-refractivity contribution in [3.8, 4) is 0 Å². The van der Waals surface area contributed by atoms with Gasteiger partial charge in [-0.05, 0) is 31.2 Å². The number of urea groups is 1. The van der Waals surface area contributed by atoms with E-state index in [4.69, 9.17) is 4.74 Å². The van der Waals surface area contributed by atoms with Crippen molar-refractivity contribution >= 4 is 11.7 Å². The van der Waals surface area contributed by atoms with E-state index in [2.05, 4.69) is 19.2 Å². The lowest BCUT2D eigenvalue weighted by molar-refractivity contribution is 0.0727. The standard InChI is InChI=1S/C18H28N2O3/c1-14(2)11-18(13-21)9-6-10-20(18)17(22)19-16-8-5-4-7-15(16)12-23-3/h4-5,7-8,14,21H,6,9-13H2,1-3H3,(H,19,22)/t18-/m0/s1. The average Bonchev–Trinajstić information content (AvgIpc) is 2.93. The molecular formula is C18H28N2O3. The second-order valence-electron chi connectivity index (χ2n) is 6.76. The summed E-state index contributed by atoms with van der Waals surface area (Å²) in [5.74, 6) is 0.427. The summed E-state index contributed by atoms with van der Waals surface area (Å²) in [5.41, 5.74) is 1.28. The van der Waals surface area contributed by atoms with Crippen molar-refractivity contribution in [1.82, 2.24) is 4.90 Å². The highest BCUT2D eigenvalue weighted by atomic mass is 16.5. The summed E-state index contributed by atoms with van der Waals surface area (Å²) < 4.78 is 5.19. The number of aliphatic hydroxyl groups is 1. The zero-order valence-corrected chi connectivity index (χ0v) is 14.3. The van der Waals surface area contributed by atoms with E-state index in [0.717, 1.165) is 30.5 Å². The number of anilines is 1. The van der Waals surface area contributed by atoms with Gasteiger partial charge in [0.1, 0.15) is 0 Å². The minimum atomic E-state index is -0.436. The highest BCUT2D eigenvalue weighted by molar-refractivity contribution is 5.91. The number of hydrogen-bond acceptors (Lipinski definition) is 3. The van der Waals surface area contributed by atoms with Crippen molar-refractivity contribution in [2.24, 2.45) is 5.92 Å². The highest BCUT2D eigenvalue weighted by Gasteiger charge is 2.43. The smallest absolute Gasteiger partial charge is 0.322 e. The van der Waals surface area contributed by atoms with Gasteiger partial charge in [-0.2, -0.15) is 0 Å². The summed E-state index contributed by atoms with van der Waals surface area (Å²) in [4.78, 5) is 14.6. The number of para-hydroxylation sites is 1. The molecule has 23 heavy (non-hydrogen) atoms. The normalized spacial score (nSPS) is 21.0. The summed E-state index contributed by atoms with van der Waals surface area (Å²) in [7, 11) is 1.64. The van der Waals surface area contributed by atoms with E-state index in [9.17, 15) is 9.90 Å². The molecule has 5 nitrogen and oxygen atoms in total. The van der Waals surface area contributed by atoms with Crippen LogP contribution in [-0.4, -0.2) is 41.8 Å². The number of aliphatic hydroxyl groups excluding tert-OH is 1. The van der Waals surface area contributed by atoms with Crippen LogP contribution in [0, 0.1) is 5.92 Å². The van der Waals surface area contributed by atoms with Crippen LogP contribution < -0.4 is 5.32 Å². The Morgan fingerprint density at radius 1 is 1.43 bits per heavy atom. The Balaban J connectivity index is 2.16. The number of methoxy groups -OCH3 is 1. The first-order valence-electron chi connectivity index (χ1n) is 8.29.